The second-order valence-corrected chi connectivity index (χ2v) is 10.3. The third kappa shape index (κ3) is 5.74. The Labute approximate surface area is 197 Å². The van der Waals surface area contributed by atoms with Gasteiger partial charge in [-0.15, -0.1) is 0 Å². The molecule has 2 aromatic rings. The third-order valence-electron chi connectivity index (χ3n) is 5.19. The van der Waals surface area contributed by atoms with E-state index >= 15 is 0 Å². The van der Waals surface area contributed by atoms with Crippen molar-refractivity contribution in [2.24, 2.45) is 5.92 Å². The molecule has 10 heteroatoms. The van der Waals surface area contributed by atoms with Crippen molar-refractivity contribution in [3.05, 3.63) is 58.1 Å². The van der Waals surface area contributed by atoms with E-state index in [1.165, 1.54) is 37.3 Å². The smallest absolute Gasteiger partial charge is 0.341 e. The molecule has 1 saturated heterocycles. The number of nitrogens with zero attached hydrogens (tertiary/aromatic N) is 1. The summed E-state index contributed by atoms with van der Waals surface area (Å²) in [6.07, 6.45) is 0.976. The van der Waals surface area contributed by atoms with Crippen molar-refractivity contribution in [3.8, 4) is 0 Å². The van der Waals surface area contributed by atoms with Gasteiger partial charge in [0.15, 0.2) is 6.10 Å². The molecular weight excluding hydrogens is 475 g/mol. The molecule has 0 spiro atoms. The van der Waals surface area contributed by atoms with Crippen LogP contribution in [-0.2, 0) is 19.6 Å². The summed E-state index contributed by atoms with van der Waals surface area (Å²) < 4.78 is 33.3. The number of benzene rings is 2. The van der Waals surface area contributed by atoms with Crippen LogP contribution in [0.25, 0.3) is 0 Å². The zero-order chi connectivity index (χ0) is 23.5. The summed E-state index contributed by atoms with van der Waals surface area (Å²) in [5.74, 6) is -0.672. The highest BCUT2D eigenvalue weighted by Crippen LogP contribution is 2.27. The number of carbonyl (C=O) groups excluding carboxylic acids is 2. The lowest BCUT2D eigenvalue weighted by Gasteiger charge is -2.32. The minimum atomic E-state index is -4.05. The lowest BCUT2D eigenvalue weighted by atomic mass is 10.00. The Hall–Kier alpha value is -2.29. The molecule has 2 aromatic carbocycles. The Morgan fingerprint density at radius 3 is 2.56 bits per heavy atom. The van der Waals surface area contributed by atoms with Crippen LogP contribution >= 0.6 is 23.2 Å². The molecule has 0 bridgehead atoms. The number of likely N-dealkylation sites (tertiary alicyclic amines) is 1. The van der Waals surface area contributed by atoms with E-state index in [2.05, 4.69) is 11.6 Å². The van der Waals surface area contributed by atoms with Gasteiger partial charge in [-0.25, -0.2) is 13.2 Å². The van der Waals surface area contributed by atoms with E-state index in [9.17, 15) is 18.0 Å². The molecule has 3 rings (SSSR count). The van der Waals surface area contributed by atoms with Crippen LogP contribution < -0.4 is 4.72 Å². The predicted octanol–water partition coefficient (Wildman–Crippen LogP) is 4.60. The Kier molecular flexibility index (Phi) is 7.69. The fourth-order valence-electron chi connectivity index (χ4n) is 3.52. The van der Waals surface area contributed by atoms with Crippen molar-refractivity contribution < 1.29 is 22.7 Å². The minimum absolute atomic E-state index is 0.0113. The monoisotopic (exact) mass is 498 g/mol. The lowest BCUT2D eigenvalue weighted by Crippen LogP contribution is -2.44. The largest absolute Gasteiger partial charge is 0.449 e. The van der Waals surface area contributed by atoms with Crippen LogP contribution in [0.1, 0.15) is 37.0 Å². The summed E-state index contributed by atoms with van der Waals surface area (Å²) in [6.45, 7) is 4.85. The Morgan fingerprint density at radius 1 is 1.16 bits per heavy atom. The number of sulfonamides is 1. The van der Waals surface area contributed by atoms with Gasteiger partial charge in [0, 0.05) is 13.1 Å². The number of amides is 1. The molecule has 172 valence electrons. The van der Waals surface area contributed by atoms with Crippen molar-refractivity contribution in [2.75, 3.05) is 17.8 Å². The first-order valence-electron chi connectivity index (χ1n) is 10.1. The van der Waals surface area contributed by atoms with Crippen LogP contribution in [0.4, 0.5) is 5.69 Å². The highest BCUT2D eigenvalue weighted by molar-refractivity contribution is 7.92. The maximum absolute atomic E-state index is 12.8. The van der Waals surface area contributed by atoms with Gasteiger partial charge in [0.2, 0.25) is 0 Å². The van der Waals surface area contributed by atoms with Gasteiger partial charge in [-0.1, -0.05) is 42.3 Å². The van der Waals surface area contributed by atoms with Crippen LogP contribution in [0.5, 0.6) is 0 Å². The number of anilines is 1. The topological polar surface area (TPSA) is 92.8 Å². The molecule has 2 atom stereocenters. The molecule has 1 N–H and O–H groups in total. The first kappa shape index (κ1) is 24.4. The third-order valence-corrected chi connectivity index (χ3v) is 7.30. The summed E-state index contributed by atoms with van der Waals surface area (Å²) in [7, 11) is -4.05. The van der Waals surface area contributed by atoms with Gasteiger partial charge in [-0.05, 0) is 56.0 Å². The first-order valence-corrected chi connectivity index (χ1v) is 12.4. The molecule has 7 nitrogen and oxygen atoms in total. The first-order chi connectivity index (χ1) is 15.1. The zero-order valence-corrected chi connectivity index (χ0v) is 20.0. The molecule has 0 aliphatic carbocycles. The van der Waals surface area contributed by atoms with Crippen molar-refractivity contribution in [2.45, 2.75) is 37.7 Å². The lowest BCUT2D eigenvalue weighted by molar-refractivity contribution is -0.141. The molecular formula is C22H24Cl2N2O5S. The number of ether oxygens (including phenoxy) is 1. The Balaban J connectivity index is 1.76. The number of hydrogen-bond donors (Lipinski definition) is 1. The summed E-state index contributed by atoms with van der Waals surface area (Å²) in [4.78, 5) is 27.1. The van der Waals surface area contributed by atoms with Crippen molar-refractivity contribution in [1.82, 2.24) is 4.90 Å². The Morgan fingerprint density at radius 2 is 1.88 bits per heavy atom. The van der Waals surface area contributed by atoms with E-state index in [0.29, 0.717) is 19.0 Å². The normalized spacial score (nSPS) is 17.5. The summed E-state index contributed by atoms with van der Waals surface area (Å²) in [5, 5.41) is 0.304. The predicted molar refractivity (Wildman–Crippen MR) is 124 cm³/mol. The van der Waals surface area contributed by atoms with E-state index in [0.717, 1.165) is 12.8 Å². The molecule has 1 heterocycles. The quantitative estimate of drug-likeness (QED) is 0.587. The fraction of sp³-hybridized carbons (Fsp3) is 0.364. The summed E-state index contributed by atoms with van der Waals surface area (Å²) in [5.41, 5.74) is 0.0117. The zero-order valence-electron chi connectivity index (χ0n) is 17.7. The van der Waals surface area contributed by atoms with E-state index in [1.807, 2.05) is 0 Å². The molecule has 0 aromatic heterocycles. The Bertz CT molecular complexity index is 1120. The van der Waals surface area contributed by atoms with Gasteiger partial charge in [-0.3, -0.25) is 9.52 Å². The van der Waals surface area contributed by atoms with Gasteiger partial charge >= 0.3 is 5.97 Å². The van der Waals surface area contributed by atoms with Crippen molar-refractivity contribution >= 4 is 50.8 Å². The van der Waals surface area contributed by atoms with Crippen LogP contribution in [-0.4, -0.2) is 44.4 Å². The molecule has 0 radical (unpaired) electrons. The number of carbonyl (C=O) groups is 2. The highest BCUT2D eigenvalue weighted by Gasteiger charge is 2.28. The van der Waals surface area contributed by atoms with Gasteiger partial charge in [0.1, 0.15) is 0 Å². The second kappa shape index (κ2) is 10.1. The van der Waals surface area contributed by atoms with Gasteiger partial charge in [-0.2, -0.15) is 0 Å². The van der Waals surface area contributed by atoms with Crippen LogP contribution in [0.15, 0.2) is 47.4 Å². The molecule has 32 heavy (non-hydrogen) atoms. The number of piperidine rings is 1. The molecule has 0 saturated carbocycles. The fourth-order valence-corrected chi connectivity index (χ4v) is 4.99. The number of nitrogens with one attached hydrogen (secondary N) is 1. The highest BCUT2D eigenvalue weighted by atomic mass is 35.5. The van der Waals surface area contributed by atoms with Crippen LogP contribution in [0.3, 0.4) is 0 Å². The number of hydrogen-bond acceptors (Lipinski definition) is 5. The van der Waals surface area contributed by atoms with Crippen LogP contribution in [0.2, 0.25) is 10.0 Å². The van der Waals surface area contributed by atoms with E-state index in [-0.39, 0.29) is 32.1 Å². The molecule has 1 amide bonds. The van der Waals surface area contributed by atoms with Crippen molar-refractivity contribution in [3.63, 3.8) is 0 Å². The van der Waals surface area contributed by atoms with Gasteiger partial charge in [0.25, 0.3) is 15.9 Å². The molecule has 1 aliphatic heterocycles. The molecule has 1 fully saturated rings. The standard InChI is InChI=1S/C22H24Cl2N2O5S/c1-14-6-5-11-26(13-14)21(27)15(2)31-22(28)17-7-3-4-8-20(17)25-32(29,30)16-9-10-18(23)19(24)12-16/h3-4,7-10,12,14-15,25H,5-6,11,13H2,1-2H3/t14-,15-/m1/s1. The number of para-hydroxylation sites is 1. The maximum atomic E-state index is 12.8. The van der Waals surface area contributed by atoms with Crippen LogP contribution in [0, 0.1) is 5.92 Å². The van der Waals surface area contributed by atoms with E-state index in [1.54, 1.807) is 17.0 Å². The van der Waals surface area contributed by atoms with Gasteiger partial charge < -0.3 is 9.64 Å². The average molecular weight is 499 g/mol. The number of esters is 1. The second-order valence-electron chi connectivity index (χ2n) is 7.81. The number of rotatable bonds is 6. The number of halogens is 2. The summed E-state index contributed by atoms with van der Waals surface area (Å²) >= 11 is 11.8. The van der Waals surface area contributed by atoms with E-state index in [4.69, 9.17) is 27.9 Å². The maximum Gasteiger partial charge on any atom is 0.341 e. The minimum Gasteiger partial charge on any atom is -0.449 e. The molecule has 0 unspecified atom stereocenters. The van der Waals surface area contributed by atoms with Gasteiger partial charge in [0.05, 0.1) is 26.2 Å². The summed E-state index contributed by atoms with van der Waals surface area (Å²) in [6, 6.07) is 9.90. The van der Waals surface area contributed by atoms with Crippen molar-refractivity contribution in [1.29, 1.82) is 0 Å². The SMILES string of the molecule is C[C@@H]1CCCN(C(=O)[C@@H](C)OC(=O)c2ccccc2NS(=O)(=O)c2ccc(Cl)c(Cl)c2)C1. The average Bonchev–Trinajstić information content (AvgIpc) is 2.75. The molecule has 1 aliphatic rings. The van der Waals surface area contributed by atoms with E-state index < -0.39 is 22.1 Å².